The van der Waals surface area contributed by atoms with Gasteiger partial charge < -0.3 is 24.6 Å². The fraction of sp³-hybridized carbons (Fsp3) is 0.636. The van der Waals surface area contributed by atoms with E-state index >= 15 is 0 Å². The maximum Gasteiger partial charge on any atom is 0.409 e. The molecule has 0 saturated carbocycles. The number of carbonyl (C=O) groups excluding carboxylic acids is 1. The van der Waals surface area contributed by atoms with Crippen molar-refractivity contribution in [3.8, 4) is 5.75 Å². The molecule has 1 atom stereocenters. The molecule has 0 aliphatic carbocycles. The van der Waals surface area contributed by atoms with Gasteiger partial charge in [-0.1, -0.05) is 12.1 Å². The fourth-order valence-electron chi connectivity index (χ4n) is 4.17. The Morgan fingerprint density at radius 1 is 1.06 bits per heavy atom. The molecule has 2 aliphatic rings. The Bertz CT molecular complexity index is 702. The van der Waals surface area contributed by atoms with E-state index in [2.05, 4.69) is 32.2 Å². The van der Waals surface area contributed by atoms with Crippen LogP contribution in [0.1, 0.15) is 31.4 Å². The highest BCUT2D eigenvalue weighted by atomic mass is 127. The summed E-state index contributed by atoms with van der Waals surface area (Å²) in [5, 5.41) is 3.58. The topological polar surface area (TPSA) is 69.6 Å². The van der Waals surface area contributed by atoms with Crippen LogP contribution < -0.4 is 10.1 Å². The molecule has 1 amide bonds. The van der Waals surface area contributed by atoms with Crippen LogP contribution in [0.4, 0.5) is 4.79 Å². The molecule has 0 bridgehead atoms. The number of rotatable bonds is 6. The number of halogens is 1. The van der Waals surface area contributed by atoms with Gasteiger partial charge in [0.2, 0.25) is 0 Å². The van der Waals surface area contributed by atoms with Crippen molar-refractivity contribution in [1.29, 1.82) is 0 Å². The van der Waals surface area contributed by atoms with Crippen molar-refractivity contribution in [3.63, 3.8) is 0 Å². The molecule has 8 nitrogen and oxygen atoms in total. The highest BCUT2D eigenvalue weighted by Crippen LogP contribution is 2.26. The second-order valence-electron chi connectivity index (χ2n) is 7.63. The summed E-state index contributed by atoms with van der Waals surface area (Å²) < 4.78 is 10.4. The zero-order valence-electron chi connectivity index (χ0n) is 18.9. The Kier molecular flexibility index (Phi) is 10.7. The highest BCUT2D eigenvalue weighted by Gasteiger charge is 2.26. The van der Waals surface area contributed by atoms with Gasteiger partial charge in [-0.05, 0) is 50.6 Å². The number of carbonyl (C=O) groups is 1. The molecule has 31 heavy (non-hydrogen) atoms. The molecule has 1 N–H and O–H groups in total. The number of nitrogens with zero attached hydrogens (tertiary/aromatic N) is 4. The second-order valence-corrected chi connectivity index (χ2v) is 7.63. The lowest BCUT2D eigenvalue weighted by atomic mass is 10.1. The lowest BCUT2D eigenvalue weighted by Crippen LogP contribution is -2.54. The summed E-state index contributed by atoms with van der Waals surface area (Å²) in [7, 11) is 3.51. The van der Waals surface area contributed by atoms with Crippen LogP contribution in [0.5, 0.6) is 5.75 Å². The Morgan fingerprint density at radius 2 is 1.68 bits per heavy atom. The van der Waals surface area contributed by atoms with Gasteiger partial charge in [0.25, 0.3) is 0 Å². The monoisotopic (exact) mass is 545 g/mol. The molecule has 174 valence electrons. The van der Waals surface area contributed by atoms with E-state index < -0.39 is 0 Å². The zero-order valence-corrected chi connectivity index (χ0v) is 21.2. The van der Waals surface area contributed by atoms with Gasteiger partial charge in [-0.15, -0.1) is 24.0 Å². The molecule has 2 aliphatic heterocycles. The van der Waals surface area contributed by atoms with E-state index in [9.17, 15) is 4.79 Å². The van der Waals surface area contributed by atoms with Gasteiger partial charge in [0.15, 0.2) is 5.96 Å². The lowest BCUT2D eigenvalue weighted by Gasteiger charge is -2.37. The van der Waals surface area contributed by atoms with Crippen molar-refractivity contribution >= 4 is 36.0 Å². The number of benzene rings is 1. The quantitative estimate of drug-likeness (QED) is 0.337. The number of methoxy groups -OCH3 is 1. The van der Waals surface area contributed by atoms with Crippen molar-refractivity contribution in [2.75, 3.05) is 66.6 Å². The van der Waals surface area contributed by atoms with Crippen molar-refractivity contribution in [1.82, 2.24) is 20.0 Å². The first-order valence-electron chi connectivity index (χ1n) is 10.9. The first kappa shape index (κ1) is 25.5. The van der Waals surface area contributed by atoms with Gasteiger partial charge in [0.1, 0.15) is 5.75 Å². The Morgan fingerprint density at radius 3 is 2.23 bits per heavy atom. The fourth-order valence-corrected chi connectivity index (χ4v) is 4.17. The van der Waals surface area contributed by atoms with E-state index in [1.807, 2.05) is 26.1 Å². The minimum atomic E-state index is -0.228. The molecule has 0 radical (unpaired) electrons. The van der Waals surface area contributed by atoms with Gasteiger partial charge in [0.05, 0.1) is 19.8 Å². The molecule has 2 saturated heterocycles. The van der Waals surface area contributed by atoms with E-state index in [0.717, 1.165) is 44.4 Å². The minimum Gasteiger partial charge on any atom is -0.497 e. The number of likely N-dealkylation sites (tertiary alicyclic amines) is 1. The lowest BCUT2D eigenvalue weighted by molar-refractivity contribution is 0.0913. The van der Waals surface area contributed by atoms with Crippen molar-refractivity contribution in [2.45, 2.75) is 25.8 Å². The van der Waals surface area contributed by atoms with E-state index in [1.165, 1.54) is 18.4 Å². The van der Waals surface area contributed by atoms with Crippen LogP contribution in [-0.4, -0.2) is 93.3 Å². The van der Waals surface area contributed by atoms with Crippen molar-refractivity contribution in [2.24, 2.45) is 4.99 Å². The van der Waals surface area contributed by atoms with Crippen LogP contribution in [0.25, 0.3) is 0 Å². The predicted molar refractivity (Wildman–Crippen MR) is 133 cm³/mol. The van der Waals surface area contributed by atoms with E-state index in [0.29, 0.717) is 19.7 Å². The van der Waals surface area contributed by atoms with Crippen molar-refractivity contribution in [3.05, 3.63) is 29.8 Å². The zero-order chi connectivity index (χ0) is 21.3. The maximum absolute atomic E-state index is 11.9. The third-order valence-corrected chi connectivity index (χ3v) is 5.85. The number of hydrogen-bond donors (Lipinski definition) is 1. The van der Waals surface area contributed by atoms with E-state index in [-0.39, 0.29) is 36.1 Å². The minimum absolute atomic E-state index is 0. The first-order chi connectivity index (χ1) is 14.7. The smallest absolute Gasteiger partial charge is 0.409 e. The summed E-state index contributed by atoms with van der Waals surface area (Å²) in [6.07, 6.45) is 2.27. The van der Waals surface area contributed by atoms with Crippen LogP contribution in [0.3, 0.4) is 0 Å². The summed E-state index contributed by atoms with van der Waals surface area (Å²) >= 11 is 0. The molecule has 1 unspecified atom stereocenters. The van der Waals surface area contributed by atoms with Crippen LogP contribution in [-0.2, 0) is 4.74 Å². The Balaban J connectivity index is 0.00000341. The standard InChI is InChI=1S/C22H35N5O3.HI/c1-4-30-22(28)27-15-13-26(14-16-27)21(23-2)24-17-20(25-11-5-6-12-25)18-7-9-19(29-3)10-8-18;/h7-10,20H,4-6,11-17H2,1-3H3,(H,23,24);1H. The highest BCUT2D eigenvalue weighted by molar-refractivity contribution is 14.0. The molecular formula is C22H36IN5O3. The Hall–Kier alpha value is -1.75. The van der Waals surface area contributed by atoms with Gasteiger partial charge in [-0.25, -0.2) is 4.79 Å². The van der Waals surface area contributed by atoms with E-state index in [4.69, 9.17) is 9.47 Å². The third kappa shape index (κ3) is 6.86. The van der Waals surface area contributed by atoms with Gasteiger partial charge in [0, 0.05) is 39.8 Å². The number of nitrogens with one attached hydrogen (secondary N) is 1. The number of hydrogen-bond acceptors (Lipinski definition) is 5. The Labute approximate surface area is 203 Å². The predicted octanol–water partition coefficient (Wildman–Crippen LogP) is 2.80. The average Bonchev–Trinajstić information content (AvgIpc) is 3.32. The summed E-state index contributed by atoms with van der Waals surface area (Å²) in [4.78, 5) is 22.9. The van der Waals surface area contributed by atoms with Crippen LogP contribution in [0.2, 0.25) is 0 Å². The van der Waals surface area contributed by atoms with Crippen LogP contribution >= 0.6 is 24.0 Å². The normalized spacial score (nSPS) is 18.4. The summed E-state index contributed by atoms with van der Waals surface area (Å²) in [5.41, 5.74) is 1.28. The molecule has 0 spiro atoms. The van der Waals surface area contributed by atoms with Crippen LogP contribution in [0.15, 0.2) is 29.3 Å². The molecule has 3 rings (SSSR count). The number of guanidine groups is 1. The SMILES string of the molecule is CCOC(=O)N1CCN(C(=NC)NCC(c2ccc(OC)cc2)N2CCCC2)CC1.I. The summed E-state index contributed by atoms with van der Waals surface area (Å²) in [6, 6.07) is 8.66. The number of piperazine rings is 1. The van der Waals surface area contributed by atoms with Crippen molar-refractivity contribution < 1.29 is 14.3 Å². The molecule has 2 fully saturated rings. The van der Waals surface area contributed by atoms with E-state index in [1.54, 1.807) is 12.0 Å². The number of amides is 1. The number of aliphatic imine (C=N–C) groups is 1. The van der Waals surface area contributed by atoms with Gasteiger partial charge >= 0.3 is 6.09 Å². The molecule has 2 heterocycles. The largest absolute Gasteiger partial charge is 0.497 e. The third-order valence-electron chi connectivity index (χ3n) is 5.85. The number of ether oxygens (including phenoxy) is 2. The maximum atomic E-state index is 11.9. The molecular weight excluding hydrogens is 509 g/mol. The average molecular weight is 545 g/mol. The summed E-state index contributed by atoms with van der Waals surface area (Å²) in [6.45, 7) is 8.05. The van der Waals surface area contributed by atoms with Crippen LogP contribution in [0, 0.1) is 0 Å². The van der Waals surface area contributed by atoms with Gasteiger partial charge in [-0.2, -0.15) is 0 Å². The second kappa shape index (κ2) is 12.9. The molecule has 9 heteroatoms. The molecule has 0 aromatic heterocycles. The van der Waals surface area contributed by atoms with Gasteiger partial charge in [-0.3, -0.25) is 9.89 Å². The molecule has 1 aromatic rings. The first-order valence-corrected chi connectivity index (χ1v) is 10.9. The molecule has 1 aromatic carbocycles. The summed E-state index contributed by atoms with van der Waals surface area (Å²) in [5.74, 6) is 1.76.